The molecule has 1 nitrogen and oxygen atoms in total. The number of hydrogen-bond donors (Lipinski definition) is 1. The van der Waals surface area contributed by atoms with Gasteiger partial charge in [-0.25, -0.2) is 0 Å². The Hall–Kier alpha value is -1.50. The Morgan fingerprint density at radius 1 is 1.15 bits per heavy atom. The van der Waals surface area contributed by atoms with Gasteiger partial charge in [0.05, 0.1) is 6.26 Å². The van der Waals surface area contributed by atoms with Gasteiger partial charge in [-0.2, -0.15) is 0 Å². The number of benzene rings is 1. The van der Waals surface area contributed by atoms with Gasteiger partial charge in [-0.15, -0.1) is 0 Å². The van der Waals surface area contributed by atoms with E-state index in [0.717, 1.165) is 19.1 Å². The summed E-state index contributed by atoms with van der Waals surface area (Å²) < 4.78 is 0. The van der Waals surface area contributed by atoms with Gasteiger partial charge in [0, 0.05) is 0 Å². The van der Waals surface area contributed by atoms with Crippen molar-refractivity contribution in [3.05, 3.63) is 53.3 Å². The number of fused-ring (bicyclic) bond motifs is 1. The van der Waals surface area contributed by atoms with E-state index in [1.165, 1.54) is 16.7 Å². The number of aliphatic hydroxyl groups is 1. The van der Waals surface area contributed by atoms with Crippen molar-refractivity contribution in [2.45, 2.75) is 12.8 Å². The molecule has 0 saturated carbocycles. The molecular weight excluding hydrogens is 160 g/mol. The molecule has 0 aromatic heterocycles. The van der Waals surface area contributed by atoms with Crippen LogP contribution >= 0.6 is 0 Å². The molecule has 0 atom stereocenters. The molecule has 0 saturated heterocycles. The smallest absolute Gasteiger partial charge is 0.0794 e. The first-order valence-corrected chi connectivity index (χ1v) is 4.49. The van der Waals surface area contributed by atoms with E-state index in [4.69, 9.17) is 5.11 Å². The average Bonchev–Trinajstić information content (AvgIpc) is 2.18. The number of allylic oxidation sites excluding steroid dienone is 2. The summed E-state index contributed by atoms with van der Waals surface area (Å²) in [6, 6.07) is 8.38. The van der Waals surface area contributed by atoms with Crippen molar-refractivity contribution >= 4 is 6.08 Å². The van der Waals surface area contributed by atoms with Gasteiger partial charge in [-0.3, -0.25) is 0 Å². The molecule has 1 aliphatic rings. The molecule has 1 aromatic carbocycles. The SMILES string of the molecule is OC=CC1=Cc2ccccc2CC1. The fourth-order valence-electron chi connectivity index (χ4n) is 1.68. The maximum atomic E-state index is 8.65. The van der Waals surface area contributed by atoms with Crippen LogP contribution in [0, 0.1) is 0 Å². The van der Waals surface area contributed by atoms with Crippen molar-refractivity contribution in [1.82, 2.24) is 0 Å². The van der Waals surface area contributed by atoms with Crippen LogP contribution in [0.2, 0.25) is 0 Å². The van der Waals surface area contributed by atoms with Crippen molar-refractivity contribution in [2.75, 3.05) is 0 Å². The second kappa shape index (κ2) is 3.48. The fraction of sp³-hybridized carbons (Fsp3) is 0.167. The zero-order valence-electron chi connectivity index (χ0n) is 7.40. The number of rotatable bonds is 1. The molecule has 1 aromatic rings. The van der Waals surface area contributed by atoms with Crippen molar-refractivity contribution in [1.29, 1.82) is 0 Å². The van der Waals surface area contributed by atoms with Crippen LogP contribution in [0.25, 0.3) is 6.08 Å². The maximum Gasteiger partial charge on any atom is 0.0794 e. The Balaban J connectivity index is 2.38. The lowest BCUT2D eigenvalue weighted by Crippen LogP contribution is -1.97. The van der Waals surface area contributed by atoms with E-state index >= 15 is 0 Å². The summed E-state index contributed by atoms with van der Waals surface area (Å²) in [6.07, 6.45) is 7.10. The summed E-state index contributed by atoms with van der Waals surface area (Å²) in [6.45, 7) is 0. The normalized spacial score (nSPS) is 15.5. The Bertz CT molecular complexity index is 361. The summed E-state index contributed by atoms with van der Waals surface area (Å²) in [5.74, 6) is 0. The highest BCUT2D eigenvalue weighted by Gasteiger charge is 2.06. The van der Waals surface area contributed by atoms with Crippen LogP contribution in [0.5, 0.6) is 0 Å². The molecule has 0 fully saturated rings. The predicted molar refractivity (Wildman–Crippen MR) is 54.5 cm³/mol. The monoisotopic (exact) mass is 172 g/mol. The van der Waals surface area contributed by atoms with E-state index in [-0.39, 0.29) is 0 Å². The molecule has 13 heavy (non-hydrogen) atoms. The number of aliphatic hydroxyl groups excluding tert-OH is 1. The second-order valence-electron chi connectivity index (χ2n) is 3.23. The quantitative estimate of drug-likeness (QED) is 0.645. The molecule has 0 spiro atoms. The summed E-state index contributed by atoms with van der Waals surface area (Å²) in [5, 5.41) is 8.65. The Labute approximate surface area is 78.0 Å². The Morgan fingerprint density at radius 2 is 2.00 bits per heavy atom. The third kappa shape index (κ3) is 1.64. The van der Waals surface area contributed by atoms with Gasteiger partial charge in [0.1, 0.15) is 0 Å². The Morgan fingerprint density at radius 3 is 2.85 bits per heavy atom. The molecular formula is C12H12O. The van der Waals surface area contributed by atoms with Crippen molar-refractivity contribution < 1.29 is 5.11 Å². The van der Waals surface area contributed by atoms with Gasteiger partial charge in [-0.05, 0) is 35.6 Å². The highest BCUT2D eigenvalue weighted by molar-refractivity contribution is 5.61. The highest BCUT2D eigenvalue weighted by atomic mass is 16.2. The summed E-state index contributed by atoms with van der Waals surface area (Å²) in [5.41, 5.74) is 3.88. The number of aryl methyl sites for hydroxylation is 1. The molecule has 1 aliphatic carbocycles. The third-order valence-corrected chi connectivity index (χ3v) is 2.37. The predicted octanol–water partition coefficient (Wildman–Crippen LogP) is 3.09. The Kier molecular flexibility index (Phi) is 2.17. The lowest BCUT2D eigenvalue weighted by Gasteiger charge is -2.13. The van der Waals surface area contributed by atoms with Gasteiger partial charge >= 0.3 is 0 Å². The molecule has 1 N–H and O–H groups in total. The second-order valence-corrected chi connectivity index (χ2v) is 3.23. The van der Waals surface area contributed by atoms with Crippen molar-refractivity contribution in [3.8, 4) is 0 Å². The summed E-state index contributed by atoms with van der Waals surface area (Å²) >= 11 is 0. The molecule has 0 aliphatic heterocycles. The van der Waals surface area contributed by atoms with Gasteiger partial charge in [0.25, 0.3) is 0 Å². The van der Waals surface area contributed by atoms with Crippen molar-refractivity contribution in [2.24, 2.45) is 0 Å². The minimum Gasteiger partial charge on any atom is -0.516 e. The van der Waals surface area contributed by atoms with Crippen LogP contribution in [-0.2, 0) is 6.42 Å². The molecule has 66 valence electrons. The van der Waals surface area contributed by atoms with Gasteiger partial charge in [0.2, 0.25) is 0 Å². The number of hydrogen-bond acceptors (Lipinski definition) is 1. The summed E-state index contributed by atoms with van der Waals surface area (Å²) in [7, 11) is 0. The van der Waals surface area contributed by atoms with E-state index in [2.05, 4.69) is 24.3 Å². The largest absolute Gasteiger partial charge is 0.516 e. The van der Waals surface area contributed by atoms with E-state index < -0.39 is 0 Å². The first kappa shape index (κ1) is 8.11. The fourth-order valence-corrected chi connectivity index (χ4v) is 1.68. The van der Waals surface area contributed by atoms with E-state index in [0.29, 0.717) is 0 Å². The zero-order chi connectivity index (χ0) is 9.10. The molecule has 0 heterocycles. The van der Waals surface area contributed by atoms with Crippen LogP contribution in [-0.4, -0.2) is 5.11 Å². The van der Waals surface area contributed by atoms with Crippen LogP contribution in [0.15, 0.2) is 42.2 Å². The maximum absolute atomic E-state index is 8.65. The molecule has 0 amide bonds. The van der Waals surface area contributed by atoms with Crippen LogP contribution in [0.1, 0.15) is 17.5 Å². The summed E-state index contributed by atoms with van der Waals surface area (Å²) in [4.78, 5) is 0. The first-order valence-electron chi connectivity index (χ1n) is 4.49. The molecule has 1 heteroatoms. The van der Waals surface area contributed by atoms with E-state index in [1.54, 1.807) is 6.08 Å². The highest BCUT2D eigenvalue weighted by Crippen LogP contribution is 2.23. The van der Waals surface area contributed by atoms with E-state index in [9.17, 15) is 0 Å². The lowest BCUT2D eigenvalue weighted by molar-refractivity contribution is 0.473. The zero-order valence-corrected chi connectivity index (χ0v) is 7.40. The van der Waals surface area contributed by atoms with E-state index in [1.807, 2.05) is 6.07 Å². The molecule has 0 radical (unpaired) electrons. The topological polar surface area (TPSA) is 20.2 Å². The molecule has 0 unspecified atom stereocenters. The van der Waals surface area contributed by atoms with Gasteiger partial charge < -0.3 is 5.11 Å². The van der Waals surface area contributed by atoms with Crippen LogP contribution in [0.4, 0.5) is 0 Å². The third-order valence-electron chi connectivity index (χ3n) is 2.37. The first-order chi connectivity index (χ1) is 6.40. The lowest BCUT2D eigenvalue weighted by atomic mass is 9.92. The van der Waals surface area contributed by atoms with Gasteiger partial charge in [0.15, 0.2) is 0 Å². The van der Waals surface area contributed by atoms with Gasteiger partial charge in [-0.1, -0.05) is 30.3 Å². The molecule has 0 bridgehead atoms. The minimum absolute atomic E-state index is 1.02. The standard InChI is InChI=1S/C12H12O/c13-8-7-10-5-6-11-3-1-2-4-12(11)9-10/h1-4,7-9,13H,5-6H2. The molecule has 2 rings (SSSR count). The van der Waals surface area contributed by atoms with Crippen molar-refractivity contribution in [3.63, 3.8) is 0 Å². The van der Waals surface area contributed by atoms with Crippen LogP contribution < -0.4 is 0 Å². The van der Waals surface area contributed by atoms with Crippen LogP contribution in [0.3, 0.4) is 0 Å². The average molecular weight is 172 g/mol. The minimum atomic E-state index is 1.02.